The number of halogens is 3. The largest absolute Gasteiger partial charge is 0.434 e. The summed E-state index contributed by atoms with van der Waals surface area (Å²) in [5, 5.41) is 14.3. The molecule has 4 aromatic rings. The molecular formula is C33H35F3N4O6S2. The zero-order valence-electron chi connectivity index (χ0n) is 26.1. The second-order valence-electron chi connectivity index (χ2n) is 11.7. The predicted octanol–water partition coefficient (Wildman–Crippen LogP) is 5.47. The van der Waals surface area contributed by atoms with Gasteiger partial charge in [0.25, 0.3) is 5.91 Å². The molecule has 5 rings (SSSR count). The number of carbonyl (C=O) groups excluding carboxylic acids is 2. The molecule has 1 aliphatic rings. The number of thiazole rings is 1. The van der Waals surface area contributed by atoms with E-state index in [1.165, 1.54) is 21.7 Å². The summed E-state index contributed by atoms with van der Waals surface area (Å²) < 4.78 is 74.2. The summed E-state index contributed by atoms with van der Waals surface area (Å²) in [6, 6.07) is 16.5. The van der Waals surface area contributed by atoms with Gasteiger partial charge in [0.05, 0.1) is 44.9 Å². The first-order valence-electron chi connectivity index (χ1n) is 15.3. The number of alkyl halides is 3. The van der Waals surface area contributed by atoms with Crippen LogP contribution < -0.4 is 10.2 Å². The molecule has 2 N–H and O–H groups in total. The molecule has 2 heterocycles. The van der Waals surface area contributed by atoms with Gasteiger partial charge in [-0.3, -0.25) is 9.69 Å². The van der Waals surface area contributed by atoms with Crippen LogP contribution in [0.5, 0.6) is 0 Å². The van der Waals surface area contributed by atoms with Crippen LogP contribution in [0.15, 0.2) is 83.2 Å². The first kappa shape index (κ1) is 35.3. The minimum absolute atomic E-state index is 0.0460. The zero-order valence-corrected chi connectivity index (χ0v) is 27.8. The number of cyclic esters (lactones) is 1. The van der Waals surface area contributed by atoms with E-state index < -0.39 is 52.0 Å². The van der Waals surface area contributed by atoms with Crippen molar-refractivity contribution in [2.45, 2.75) is 56.0 Å². The number of aromatic nitrogens is 1. The Bertz CT molecular complexity index is 1840. The van der Waals surface area contributed by atoms with Crippen molar-refractivity contribution in [2.75, 3.05) is 24.5 Å². The lowest BCUT2D eigenvalue weighted by atomic mass is 10.0. The highest BCUT2D eigenvalue weighted by Crippen LogP contribution is 2.32. The molecule has 48 heavy (non-hydrogen) atoms. The van der Waals surface area contributed by atoms with Gasteiger partial charge >= 0.3 is 12.3 Å². The van der Waals surface area contributed by atoms with Crippen LogP contribution in [0.4, 0.5) is 23.7 Å². The quantitative estimate of drug-likeness (QED) is 0.189. The molecule has 0 bridgehead atoms. The van der Waals surface area contributed by atoms with Crippen LogP contribution in [-0.4, -0.2) is 72.7 Å². The Balaban J connectivity index is 1.36. The molecule has 2 amide bonds. The summed E-state index contributed by atoms with van der Waals surface area (Å²) in [6.45, 7) is 3.34. The lowest BCUT2D eigenvalue weighted by Crippen LogP contribution is -2.53. The first-order chi connectivity index (χ1) is 22.8. The lowest BCUT2D eigenvalue weighted by molar-refractivity contribution is -0.137. The summed E-state index contributed by atoms with van der Waals surface area (Å²) in [7, 11) is -4.09. The lowest BCUT2D eigenvalue weighted by Gasteiger charge is -2.31. The van der Waals surface area contributed by atoms with Gasteiger partial charge in [-0.2, -0.15) is 17.5 Å². The fourth-order valence-electron chi connectivity index (χ4n) is 5.30. The van der Waals surface area contributed by atoms with Crippen LogP contribution >= 0.6 is 11.3 Å². The van der Waals surface area contributed by atoms with E-state index in [9.17, 15) is 36.3 Å². The van der Waals surface area contributed by atoms with E-state index in [-0.39, 0.29) is 42.6 Å². The van der Waals surface area contributed by atoms with Gasteiger partial charge in [-0.05, 0) is 60.4 Å². The van der Waals surface area contributed by atoms with Gasteiger partial charge in [0, 0.05) is 18.8 Å². The SMILES string of the molecule is CC[C@H](C)CN(C[C@@H](O)[C@H](Cc1ccccc1)NC(=O)[C@@H]1CN(c2ccc(C(F)(F)F)cc2)C(=O)O1)S(=O)(=O)c1ccc2ncsc2c1. The van der Waals surface area contributed by atoms with Crippen molar-refractivity contribution in [3.8, 4) is 0 Å². The summed E-state index contributed by atoms with van der Waals surface area (Å²) >= 11 is 1.31. The molecule has 0 aliphatic carbocycles. The van der Waals surface area contributed by atoms with Crippen molar-refractivity contribution in [3.63, 3.8) is 0 Å². The molecule has 1 aliphatic heterocycles. The Hall–Kier alpha value is -4.05. The van der Waals surface area contributed by atoms with Crippen molar-refractivity contribution in [3.05, 3.63) is 89.4 Å². The van der Waals surface area contributed by atoms with Gasteiger partial charge < -0.3 is 15.2 Å². The number of anilines is 1. The third kappa shape index (κ3) is 8.14. The van der Waals surface area contributed by atoms with Crippen LogP contribution in [-0.2, 0) is 32.2 Å². The highest BCUT2D eigenvalue weighted by Gasteiger charge is 2.40. The normalized spacial score (nSPS) is 17.4. The van der Waals surface area contributed by atoms with Crippen LogP contribution in [0, 0.1) is 5.92 Å². The van der Waals surface area contributed by atoms with Crippen LogP contribution in [0.25, 0.3) is 10.2 Å². The van der Waals surface area contributed by atoms with Gasteiger partial charge in [-0.25, -0.2) is 18.2 Å². The Morgan fingerprint density at radius 1 is 1.12 bits per heavy atom. The van der Waals surface area contributed by atoms with E-state index in [4.69, 9.17) is 4.74 Å². The minimum atomic E-state index is -4.56. The summed E-state index contributed by atoms with van der Waals surface area (Å²) in [5.41, 5.74) is 2.28. The molecule has 1 saturated heterocycles. The van der Waals surface area contributed by atoms with Gasteiger partial charge in [-0.15, -0.1) is 11.3 Å². The van der Waals surface area contributed by atoms with Crippen LogP contribution in [0.3, 0.4) is 0 Å². The Kier molecular flexibility index (Phi) is 10.7. The third-order valence-electron chi connectivity index (χ3n) is 8.24. The van der Waals surface area contributed by atoms with Gasteiger partial charge in [0.2, 0.25) is 10.0 Å². The number of rotatable bonds is 13. The third-order valence-corrected chi connectivity index (χ3v) is 10.9. The molecule has 10 nitrogen and oxygen atoms in total. The molecule has 3 aromatic carbocycles. The number of aliphatic hydroxyl groups excluding tert-OH is 1. The van der Waals surface area contributed by atoms with E-state index in [1.54, 1.807) is 41.9 Å². The van der Waals surface area contributed by atoms with Crippen molar-refractivity contribution >= 4 is 49.3 Å². The van der Waals surface area contributed by atoms with E-state index in [0.29, 0.717) is 16.6 Å². The first-order valence-corrected chi connectivity index (χ1v) is 17.6. The van der Waals surface area contributed by atoms with E-state index >= 15 is 0 Å². The number of fused-ring (bicyclic) bond motifs is 1. The maximum atomic E-state index is 14.0. The fraction of sp³-hybridized carbons (Fsp3) is 0.364. The number of hydrogen-bond donors (Lipinski definition) is 2. The molecule has 0 unspecified atom stereocenters. The predicted molar refractivity (Wildman–Crippen MR) is 175 cm³/mol. The number of nitrogens with zero attached hydrogens (tertiary/aromatic N) is 3. The molecule has 4 atom stereocenters. The molecule has 0 radical (unpaired) electrons. The standard InChI is InChI=1S/C33H35F3N4O6S2/c1-3-21(2)17-39(48(44,45)25-13-14-26-30(16-25)47-20-37-26)18-28(41)27(15-22-7-5-4-6-8-22)38-31(42)29-19-40(32(43)46-29)24-11-9-23(10-12-24)33(34,35)36/h4-14,16,20-21,27-29,41H,3,15,17-19H2,1-2H3,(H,38,42)/t21-,27-,28+,29-/m0/s1. The topological polar surface area (TPSA) is 129 Å². The van der Waals surface area contributed by atoms with E-state index in [1.807, 2.05) is 19.9 Å². The van der Waals surface area contributed by atoms with E-state index in [2.05, 4.69) is 10.3 Å². The fourth-order valence-corrected chi connectivity index (χ4v) is 7.69. The van der Waals surface area contributed by atoms with Crippen LogP contribution in [0.1, 0.15) is 31.4 Å². The Morgan fingerprint density at radius 2 is 1.83 bits per heavy atom. The monoisotopic (exact) mass is 704 g/mol. The molecular weight excluding hydrogens is 670 g/mol. The zero-order chi connectivity index (χ0) is 34.6. The summed E-state index contributed by atoms with van der Waals surface area (Å²) in [5.74, 6) is -0.792. The van der Waals surface area contributed by atoms with Gasteiger partial charge in [0.1, 0.15) is 0 Å². The molecule has 0 spiro atoms. The van der Waals surface area contributed by atoms with Gasteiger partial charge in [0.15, 0.2) is 6.10 Å². The number of nitrogens with one attached hydrogen (secondary N) is 1. The highest BCUT2D eigenvalue weighted by atomic mass is 32.2. The second-order valence-corrected chi connectivity index (χ2v) is 14.5. The van der Waals surface area contributed by atoms with Crippen molar-refractivity contribution < 1.29 is 41.0 Å². The van der Waals surface area contributed by atoms with Gasteiger partial charge in [-0.1, -0.05) is 50.6 Å². The Morgan fingerprint density at radius 3 is 2.50 bits per heavy atom. The molecule has 0 saturated carbocycles. The van der Waals surface area contributed by atoms with E-state index in [0.717, 1.165) is 34.7 Å². The van der Waals surface area contributed by atoms with Crippen LogP contribution in [0.2, 0.25) is 0 Å². The van der Waals surface area contributed by atoms with Crippen molar-refractivity contribution in [2.24, 2.45) is 5.92 Å². The van der Waals surface area contributed by atoms with Crippen molar-refractivity contribution in [1.82, 2.24) is 14.6 Å². The molecule has 1 fully saturated rings. The minimum Gasteiger partial charge on any atom is -0.434 e. The number of benzene rings is 3. The highest BCUT2D eigenvalue weighted by molar-refractivity contribution is 7.89. The average molecular weight is 705 g/mol. The maximum absolute atomic E-state index is 14.0. The number of hydrogen-bond acceptors (Lipinski definition) is 8. The average Bonchev–Trinajstić information content (AvgIpc) is 3.70. The number of amides is 2. The molecule has 15 heteroatoms. The smallest absolute Gasteiger partial charge is 0.416 e. The number of aliphatic hydroxyl groups is 1. The molecule has 256 valence electrons. The summed E-state index contributed by atoms with van der Waals surface area (Å²) in [4.78, 5) is 31.4. The maximum Gasteiger partial charge on any atom is 0.416 e. The van der Waals surface area contributed by atoms with Crippen molar-refractivity contribution in [1.29, 1.82) is 0 Å². The molecule has 1 aromatic heterocycles. The Labute approximate surface area is 280 Å². The summed E-state index contributed by atoms with van der Waals surface area (Å²) in [6.07, 6.45) is -7.39. The number of ether oxygens (including phenoxy) is 1. The second kappa shape index (κ2) is 14.6. The number of carbonyl (C=O) groups is 2. The number of sulfonamides is 1.